The number of pyridine rings is 2. The van der Waals surface area contributed by atoms with E-state index in [0.29, 0.717) is 35.4 Å². The Morgan fingerprint density at radius 3 is 2.57 bits per heavy atom. The molecule has 1 aromatic carbocycles. The number of methoxy groups -OCH3 is 2. The summed E-state index contributed by atoms with van der Waals surface area (Å²) in [6.45, 7) is 2.25. The van der Waals surface area contributed by atoms with Gasteiger partial charge < -0.3 is 14.2 Å². The molecule has 0 aliphatic carbocycles. The Morgan fingerprint density at radius 2 is 1.84 bits per heavy atom. The summed E-state index contributed by atoms with van der Waals surface area (Å²) in [5, 5.41) is 0. The van der Waals surface area contributed by atoms with Crippen molar-refractivity contribution in [1.82, 2.24) is 14.4 Å². The fourth-order valence-electron chi connectivity index (χ4n) is 3.70. The molecule has 0 amide bonds. The maximum atomic E-state index is 13.7. The Bertz CT molecular complexity index is 1610. The fraction of sp³-hybridized carbons (Fsp3) is 0.240. The summed E-state index contributed by atoms with van der Waals surface area (Å²) < 4.78 is 59.5. The molecule has 0 aliphatic rings. The van der Waals surface area contributed by atoms with Gasteiger partial charge in [0.2, 0.25) is 11.6 Å². The number of nitrogens with zero attached hydrogens (tertiary/aromatic N) is 3. The van der Waals surface area contributed by atoms with Gasteiger partial charge in [-0.15, -0.1) is 0 Å². The molecule has 10 nitrogen and oxygen atoms in total. The summed E-state index contributed by atoms with van der Waals surface area (Å²) in [7, 11) is -1.20. The van der Waals surface area contributed by atoms with Crippen molar-refractivity contribution in [2.75, 3.05) is 32.2 Å². The second-order valence-corrected chi connectivity index (χ2v) is 9.56. The zero-order valence-corrected chi connectivity index (χ0v) is 21.2. The molecule has 4 aromatic rings. The van der Waals surface area contributed by atoms with Crippen LogP contribution in [-0.2, 0) is 21.2 Å². The number of fused-ring (bicyclic) bond motifs is 1. The van der Waals surface area contributed by atoms with Crippen molar-refractivity contribution in [1.29, 1.82) is 0 Å². The fourth-order valence-corrected chi connectivity index (χ4v) is 5.04. The van der Waals surface area contributed by atoms with Gasteiger partial charge in [0.05, 0.1) is 24.8 Å². The van der Waals surface area contributed by atoms with Gasteiger partial charge in [-0.2, -0.15) is 0 Å². The lowest BCUT2D eigenvalue weighted by Gasteiger charge is -2.15. The standard InChI is InChI=1S/C25H25FN4O6S/c1-4-16-11-19(26)6-7-22(16)37(32,33)29-20-12-18(13-28-24(20)35-3)17-5-8-23-27-14-21(36-10-9-34-2)25(31)30(23)15-17/h5-8,11-15,29H,4,9-10H2,1-3H3. The molecule has 0 spiro atoms. The van der Waals surface area contributed by atoms with Crippen LogP contribution in [0.15, 0.2) is 64.7 Å². The number of nitrogens with one attached hydrogen (secondary N) is 1. The van der Waals surface area contributed by atoms with Crippen LogP contribution in [0.1, 0.15) is 12.5 Å². The summed E-state index contributed by atoms with van der Waals surface area (Å²) in [5.41, 5.74) is 1.48. The van der Waals surface area contributed by atoms with E-state index in [2.05, 4.69) is 14.7 Å². The summed E-state index contributed by atoms with van der Waals surface area (Å²) in [4.78, 5) is 21.3. The van der Waals surface area contributed by atoms with Crippen LogP contribution in [0.4, 0.5) is 10.1 Å². The zero-order chi connectivity index (χ0) is 26.6. The number of halogens is 1. The Balaban J connectivity index is 1.73. The number of rotatable bonds is 10. The van der Waals surface area contributed by atoms with Crippen LogP contribution in [0.2, 0.25) is 0 Å². The van der Waals surface area contributed by atoms with Gasteiger partial charge in [-0.25, -0.2) is 22.8 Å². The molecule has 1 N–H and O–H groups in total. The van der Waals surface area contributed by atoms with E-state index in [0.717, 1.165) is 6.07 Å². The van der Waals surface area contributed by atoms with Gasteiger partial charge in [-0.1, -0.05) is 6.92 Å². The van der Waals surface area contributed by atoms with Gasteiger partial charge in [0.15, 0.2) is 0 Å². The normalized spacial score (nSPS) is 11.5. The van der Waals surface area contributed by atoms with Crippen LogP contribution in [0.3, 0.4) is 0 Å². The monoisotopic (exact) mass is 528 g/mol. The summed E-state index contributed by atoms with van der Waals surface area (Å²) in [6.07, 6.45) is 4.73. The largest absolute Gasteiger partial charge is 0.484 e. The third-order valence-corrected chi connectivity index (χ3v) is 7.00. The molecule has 0 radical (unpaired) electrons. The first kappa shape index (κ1) is 26.0. The molecule has 194 valence electrons. The molecule has 0 atom stereocenters. The summed E-state index contributed by atoms with van der Waals surface area (Å²) in [5.74, 6) is -0.412. The highest BCUT2D eigenvalue weighted by Gasteiger charge is 2.21. The first-order chi connectivity index (χ1) is 17.8. The molecular formula is C25H25FN4O6S. The SMILES string of the molecule is CCc1cc(F)ccc1S(=O)(=O)Nc1cc(-c2ccc3ncc(OCCOC)c(=O)n3c2)cnc1OC. The van der Waals surface area contributed by atoms with Crippen LogP contribution < -0.4 is 19.8 Å². The highest BCUT2D eigenvalue weighted by Crippen LogP contribution is 2.31. The number of ether oxygens (including phenoxy) is 3. The number of hydrogen-bond acceptors (Lipinski definition) is 8. The third kappa shape index (κ3) is 5.54. The minimum atomic E-state index is -4.09. The number of aromatic nitrogens is 3. The van der Waals surface area contributed by atoms with E-state index in [9.17, 15) is 17.6 Å². The highest BCUT2D eigenvalue weighted by molar-refractivity contribution is 7.92. The first-order valence-electron chi connectivity index (χ1n) is 11.3. The van der Waals surface area contributed by atoms with Gasteiger partial charge in [0.1, 0.15) is 23.8 Å². The smallest absolute Gasteiger partial charge is 0.300 e. The minimum Gasteiger partial charge on any atom is -0.484 e. The van der Waals surface area contributed by atoms with Crippen LogP contribution in [0.5, 0.6) is 11.6 Å². The maximum Gasteiger partial charge on any atom is 0.300 e. The zero-order valence-electron chi connectivity index (χ0n) is 20.4. The van der Waals surface area contributed by atoms with E-state index < -0.39 is 21.4 Å². The number of hydrogen-bond donors (Lipinski definition) is 1. The van der Waals surface area contributed by atoms with Crippen molar-refractivity contribution >= 4 is 21.4 Å². The molecule has 3 aromatic heterocycles. The van der Waals surface area contributed by atoms with E-state index in [4.69, 9.17) is 14.2 Å². The summed E-state index contributed by atoms with van der Waals surface area (Å²) >= 11 is 0. The molecule has 0 aliphatic heterocycles. The van der Waals surface area contributed by atoms with Crippen LogP contribution in [0, 0.1) is 5.82 Å². The lowest BCUT2D eigenvalue weighted by Crippen LogP contribution is -2.19. The van der Waals surface area contributed by atoms with Gasteiger partial charge in [0, 0.05) is 30.6 Å². The topological polar surface area (TPSA) is 121 Å². The second kappa shape index (κ2) is 10.9. The Kier molecular flexibility index (Phi) is 7.69. The van der Waals surface area contributed by atoms with Gasteiger partial charge in [-0.3, -0.25) is 13.9 Å². The minimum absolute atomic E-state index is 0.0425. The molecule has 0 bridgehead atoms. The second-order valence-electron chi connectivity index (χ2n) is 7.91. The molecule has 0 unspecified atom stereocenters. The maximum absolute atomic E-state index is 13.7. The van der Waals surface area contributed by atoms with Crippen LogP contribution in [-0.4, -0.2) is 50.2 Å². The highest BCUT2D eigenvalue weighted by atomic mass is 32.2. The number of anilines is 1. The van der Waals surface area contributed by atoms with Crippen molar-refractivity contribution < 1.29 is 27.0 Å². The number of aryl methyl sites for hydroxylation is 1. The van der Waals surface area contributed by atoms with Crippen molar-refractivity contribution in [2.45, 2.75) is 18.2 Å². The molecular weight excluding hydrogens is 503 g/mol. The molecule has 0 saturated carbocycles. The van der Waals surface area contributed by atoms with E-state index in [1.165, 1.54) is 49.2 Å². The average molecular weight is 529 g/mol. The van der Waals surface area contributed by atoms with E-state index >= 15 is 0 Å². The Morgan fingerprint density at radius 1 is 1.03 bits per heavy atom. The lowest BCUT2D eigenvalue weighted by molar-refractivity contribution is 0.145. The summed E-state index contributed by atoms with van der Waals surface area (Å²) in [6, 6.07) is 8.41. The average Bonchev–Trinajstić information content (AvgIpc) is 2.89. The van der Waals surface area contributed by atoms with Gasteiger partial charge >= 0.3 is 0 Å². The van der Waals surface area contributed by atoms with Crippen LogP contribution >= 0.6 is 0 Å². The Labute approximate surface area is 212 Å². The van der Waals surface area contributed by atoms with Crippen molar-refractivity contribution in [3.63, 3.8) is 0 Å². The van der Waals surface area contributed by atoms with E-state index in [1.807, 2.05) is 0 Å². The predicted octanol–water partition coefficient (Wildman–Crippen LogP) is 3.29. The molecule has 12 heteroatoms. The van der Waals surface area contributed by atoms with Crippen molar-refractivity contribution in [3.05, 3.63) is 76.7 Å². The van der Waals surface area contributed by atoms with Crippen LogP contribution in [0.25, 0.3) is 16.8 Å². The molecule has 37 heavy (non-hydrogen) atoms. The molecule has 0 saturated heterocycles. The van der Waals surface area contributed by atoms with Gasteiger partial charge in [0.25, 0.3) is 15.6 Å². The Hall–Kier alpha value is -4.03. The first-order valence-corrected chi connectivity index (χ1v) is 12.7. The molecule has 4 rings (SSSR count). The number of benzene rings is 1. The molecule has 3 heterocycles. The lowest BCUT2D eigenvalue weighted by atomic mass is 10.1. The predicted molar refractivity (Wildman–Crippen MR) is 135 cm³/mol. The third-order valence-electron chi connectivity index (χ3n) is 5.53. The van der Waals surface area contributed by atoms with Crippen molar-refractivity contribution in [2.24, 2.45) is 0 Å². The van der Waals surface area contributed by atoms with Crippen molar-refractivity contribution in [3.8, 4) is 22.8 Å². The van der Waals surface area contributed by atoms with E-state index in [1.54, 1.807) is 25.3 Å². The number of sulfonamides is 1. The molecule has 0 fully saturated rings. The quantitative estimate of drug-likeness (QED) is 0.311. The van der Waals surface area contributed by atoms with E-state index in [-0.39, 0.29) is 28.8 Å². The van der Waals surface area contributed by atoms with Gasteiger partial charge in [-0.05, 0) is 48.4 Å².